The average molecular weight is 315 g/mol. The maximum Gasteiger partial charge on any atom is 0.254 e. The van der Waals surface area contributed by atoms with Crippen molar-refractivity contribution in [2.45, 2.75) is 52.0 Å². The fourth-order valence-corrected chi connectivity index (χ4v) is 3.07. The first-order valence-corrected chi connectivity index (χ1v) is 7.94. The van der Waals surface area contributed by atoms with Crippen LogP contribution in [0.15, 0.2) is 15.7 Å². The number of hydrogen-bond acceptors (Lipinski definition) is 5. The van der Waals surface area contributed by atoms with Crippen LogP contribution < -0.4 is 16.4 Å². The molecular formula is C16H21N5O2. The van der Waals surface area contributed by atoms with E-state index in [1.807, 2.05) is 0 Å². The van der Waals surface area contributed by atoms with Crippen LogP contribution in [0.1, 0.15) is 48.5 Å². The molecule has 2 heterocycles. The van der Waals surface area contributed by atoms with Gasteiger partial charge in [-0.15, -0.1) is 0 Å². The van der Waals surface area contributed by atoms with Crippen molar-refractivity contribution >= 4 is 5.95 Å². The Morgan fingerprint density at radius 1 is 1.17 bits per heavy atom. The van der Waals surface area contributed by atoms with Crippen LogP contribution >= 0.6 is 0 Å². The van der Waals surface area contributed by atoms with E-state index < -0.39 is 0 Å². The van der Waals surface area contributed by atoms with Gasteiger partial charge in [-0.05, 0) is 26.7 Å². The Bertz CT molecular complexity index is 818. The summed E-state index contributed by atoms with van der Waals surface area (Å²) in [6, 6.07) is 1.79. The first kappa shape index (κ1) is 15.5. The topological polar surface area (TPSA) is 104 Å². The van der Waals surface area contributed by atoms with Crippen molar-refractivity contribution in [2.75, 3.05) is 5.32 Å². The molecule has 0 aliphatic heterocycles. The Balaban J connectivity index is 1.87. The van der Waals surface area contributed by atoms with Gasteiger partial charge in [0.25, 0.3) is 11.1 Å². The summed E-state index contributed by atoms with van der Waals surface area (Å²) in [4.78, 5) is 38.1. The van der Waals surface area contributed by atoms with Gasteiger partial charge in [-0.2, -0.15) is 0 Å². The van der Waals surface area contributed by atoms with E-state index >= 15 is 0 Å². The van der Waals surface area contributed by atoms with Gasteiger partial charge in [0.2, 0.25) is 5.95 Å². The Morgan fingerprint density at radius 3 is 2.61 bits per heavy atom. The van der Waals surface area contributed by atoms with Gasteiger partial charge in [-0.1, -0.05) is 12.8 Å². The molecule has 23 heavy (non-hydrogen) atoms. The fraction of sp³-hybridized carbons (Fsp3) is 0.500. The minimum Gasteiger partial charge on any atom is -0.353 e. The molecule has 3 N–H and O–H groups in total. The molecule has 0 spiro atoms. The monoisotopic (exact) mass is 315 g/mol. The number of aromatic amines is 2. The second-order valence-electron chi connectivity index (χ2n) is 6.10. The summed E-state index contributed by atoms with van der Waals surface area (Å²) >= 11 is 0. The minimum absolute atomic E-state index is 0.178. The molecule has 7 heteroatoms. The van der Waals surface area contributed by atoms with Crippen molar-refractivity contribution in [2.24, 2.45) is 0 Å². The predicted molar refractivity (Wildman–Crippen MR) is 87.9 cm³/mol. The molecule has 0 amide bonds. The Morgan fingerprint density at radius 2 is 1.91 bits per heavy atom. The van der Waals surface area contributed by atoms with E-state index in [0.29, 0.717) is 34.8 Å². The second kappa shape index (κ2) is 6.36. The number of nitrogens with one attached hydrogen (secondary N) is 3. The lowest BCUT2D eigenvalue weighted by Crippen LogP contribution is -2.22. The highest BCUT2D eigenvalue weighted by Crippen LogP contribution is 2.20. The van der Waals surface area contributed by atoms with E-state index in [-0.39, 0.29) is 17.5 Å². The number of nitrogens with zero attached hydrogens (tertiary/aromatic N) is 2. The average Bonchev–Trinajstić information content (AvgIpc) is 2.95. The molecule has 2 aromatic heterocycles. The number of rotatable bonds is 4. The molecule has 1 saturated carbocycles. The van der Waals surface area contributed by atoms with Crippen LogP contribution in [0.5, 0.6) is 0 Å². The molecule has 1 aliphatic carbocycles. The number of aryl methyl sites for hydroxylation is 2. The Hall–Kier alpha value is -2.44. The van der Waals surface area contributed by atoms with Gasteiger partial charge in [0.15, 0.2) is 0 Å². The lowest BCUT2D eigenvalue weighted by molar-refractivity contribution is 0.740. The van der Waals surface area contributed by atoms with E-state index in [9.17, 15) is 9.59 Å². The number of hydrogen-bond donors (Lipinski definition) is 3. The zero-order valence-corrected chi connectivity index (χ0v) is 13.4. The van der Waals surface area contributed by atoms with Gasteiger partial charge in [-0.25, -0.2) is 9.97 Å². The second-order valence-corrected chi connectivity index (χ2v) is 6.10. The standard InChI is InChI=1S/C16H21N5O2/c1-9-13(15(23)18-10(2)17-9)7-12-8-14(22)21-16(20-12)19-11-5-3-4-6-11/h8,11H,3-7H2,1-2H3,(H,17,18,23)(H2,19,20,21,22). The molecule has 0 radical (unpaired) electrons. The van der Waals surface area contributed by atoms with Gasteiger partial charge >= 0.3 is 0 Å². The molecule has 3 rings (SSSR count). The van der Waals surface area contributed by atoms with Crippen LogP contribution in [-0.2, 0) is 6.42 Å². The zero-order valence-electron chi connectivity index (χ0n) is 13.4. The van der Waals surface area contributed by atoms with Gasteiger partial charge in [-0.3, -0.25) is 14.6 Å². The van der Waals surface area contributed by atoms with Gasteiger partial charge in [0, 0.05) is 29.8 Å². The third-order valence-electron chi connectivity index (χ3n) is 4.19. The van der Waals surface area contributed by atoms with Crippen molar-refractivity contribution in [3.63, 3.8) is 0 Å². The highest BCUT2D eigenvalue weighted by Gasteiger charge is 2.16. The summed E-state index contributed by atoms with van der Waals surface area (Å²) in [5.74, 6) is 1.06. The predicted octanol–water partition coefficient (Wildman–Crippen LogP) is 1.42. The maximum absolute atomic E-state index is 12.1. The zero-order chi connectivity index (χ0) is 16.4. The minimum atomic E-state index is -0.218. The summed E-state index contributed by atoms with van der Waals surface area (Å²) in [6.45, 7) is 3.54. The van der Waals surface area contributed by atoms with Crippen LogP contribution in [0, 0.1) is 13.8 Å². The normalized spacial score (nSPS) is 15.0. The van der Waals surface area contributed by atoms with E-state index in [4.69, 9.17) is 0 Å². The fourth-order valence-electron chi connectivity index (χ4n) is 3.07. The molecule has 1 aliphatic rings. The van der Waals surface area contributed by atoms with E-state index in [1.165, 1.54) is 18.9 Å². The van der Waals surface area contributed by atoms with Crippen molar-refractivity contribution < 1.29 is 0 Å². The summed E-state index contributed by atoms with van der Waals surface area (Å²) in [6.07, 6.45) is 4.87. The molecule has 7 nitrogen and oxygen atoms in total. The number of anilines is 1. The van der Waals surface area contributed by atoms with Crippen LogP contribution in [0.2, 0.25) is 0 Å². The lowest BCUT2D eigenvalue weighted by atomic mass is 10.1. The van der Waals surface area contributed by atoms with Crippen molar-refractivity contribution in [3.05, 3.63) is 49.5 Å². The lowest BCUT2D eigenvalue weighted by Gasteiger charge is -2.13. The van der Waals surface area contributed by atoms with Gasteiger partial charge in [0.05, 0.1) is 5.69 Å². The van der Waals surface area contributed by atoms with Crippen LogP contribution in [-0.4, -0.2) is 26.0 Å². The van der Waals surface area contributed by atoms with Crippen LogP contribution in [0.4, 0.5) is 5.95 Å². The summed E-state index contributed by atoms with van der Waals surface area (Å²) in [7, 11) is 0. The molecule has 0 unspecified atom stereocenters. The molecule has 1 fully saturated rings. The smallest absolute Gasteiger partial charge is 0.254 e. The highest BCUT2D eigenvalue weighted by atomic mass is 16.1. The third kappa shape index (κ3) is 3.67. The van der Waals surface area contributed by atoms with Crippen LogP contribution in [0.3, 0.4) is 0 Å². The van der Waals surface area contributed by atoms with Crippen LogP contribution in [0.25, 0.3) is 0 Å². The largest absolute Gasteiger partial charge is 0.353 e. The molecule has 0 atom stereocenters. The third-order valence-corrected chi connectivity index (χ3v) is 4.19. The quantitative estimate of drug-likeness (QED) is 0.791. The summed E-state index contributed by atoms with van der Waals surface area (Å²) < 4.78 is 0. The SMILES string of the molecule is Cc1nc(C)c(Cc2cc(=O)[nH]c(NC3CCCC3)n2)c(=O)[nH]1. The molecule has 2 aromatic rings. The van der Waals surface area contributed by atoms with Gasteiger partial charge in [0.1, 0.15) is 5.82 Å². The molecule has 0 saturated heterocycles. The highest BCUT2D eigenvalue weighted by molar-refractivity contribution is 5.30. The summed E-state index contributed by atoms with van der Waals surface area (Å²) in [5, 5.41) is 3.28. The number of aromatic nitrogens is 4. The molecule has 122 valence electrons. The van der Waals surface area contributed by atoms with E-state index in [2.05, 4.69) is 25.3 Å². The van der Waals surface area contributed by atoms with E-state index in [0.717, 1.165) is 12.8 Å². The number of H-pyrrole nitrogens is 2. The molecule has 0 aromatic carbocycles. The van der Waals surface area contributed by atoms with Gasteiger partial charge < -0.3 is 10.3 Å². The van der Waals surface area contributed by atoms with Crippen molar-refractivity contribution in [3.8, 4) is 0 Å². The van der Waals surface area contributed by atoms with Crippen molar-refractivity contribution in [1.29, 1.82) is 0 Å². The van der Waals surface area contributed by atoms with Crippen molar-refractivity contribution in [1.82, 2.24) is 19.9 Å². The maximum atomic E-state index is 12.1. The summed E-state index contributed by atoms with van der Waals surface area (Å²) in [5.41, 5.74) is 1.37. The molecule has 0 bridgehead atoms. The molecular weight excluding hydrogens is 294 g/mol. The Labute approximate surface area is 133 Å². The first-order chi connectivity index (χ1) is 11.0. The Kier molecular flexibility index (Phi) is 4.27. The van der Waals surface area contributed by atoms with E-state index in [1.54, 1.807) is 13.8 Å². The first-order valence-electron chi connectivity index (χ1n) is 7.94.